The van der Waals surface area contributed by atoms with Gasteiger partial charge >= 0.3 is 18.9 Å². The van der Waals surface area contributed by atoms with Crippen LogP contribution in [-0.2, 0) is 0 Å². The average molecular weight is 1390 g/mol. The first kappa shape index (κ1) is 65.7. The Morgan fingerprint density at radius 1 is 0.257 bits per heavy atom. The summed E-state index contributed by atoms with van der Waals surface area (Å²) in [6.45, 7) is 0. The summed E-state index contributed by atoms with van der Waals surface area (Å²) in [5.41, 5.74) is 23.6. The van der Waals surface area contributed by atoms with Crippen LogP contribution < -0.4 is 24.0 Å². The second-order valence-electron chi connectivity index (χ2n) is 27.4. The maximum Gasteiger partial charge on any atom is 1.00 e. The standard InChI is InChI=1S/C52H34N4.C39H24N2.C9H7NO.Li/c1-3-15-35(16-4-1)36-27-29-37(30-28-36)46-34-47(54-52(53-46)38-17-5-2-6-18-38)39-31-40(55-48-23-11-7-19-42(48)43-20-8-12-24-49(43)55)33-41(32-39)56-50-25-13-9-21-44(50)45-22-10-14-26-51(45)56;1-2-10-25(11-3-1)28-22-23-29(32-15-7-6-14-31(28)32)27-19-20-33-34-21-18-26-12-4-5-13-30(26)38(34)39-40-35-16-8-9-17-36(35)41(39)37(33)24-27;11-8-5-1-3-7-4-2-6-10-9(7)8;/h1-34H;1-24H;1-6,11H;/q;;;+1/p-1. The first-order chi connectivity index (χ1) is 53.5. The molecule has 506 valence electrons. The van der Waals surface area contributed by atoms with E-state index in [1.165, 1.54) is 104 Å². The van der Waals surface area contributed by atoms with E-state index in [0.29, 0.717) is 11.3 Å². The second-order valence-corrected chi connectivity index (χ2v) is 27.4. The SMILES string of the molecule is [Li+].[O-]c1cccc2cccnc12.c1ccc(-c2ccc(-c3cc(-c4cc(-n5c6ccccc6c6ccccc65)cc(-n5c6ccccc6c6ccccc65)c4)nc(-c4ccccc4)n3)cc2)cc1.c1ccc(-c2ccc(-c3ccc4c5ccc6ccccc6c5c5nc6ccccc6n5c4c3)c3ccccc23)cc1. The van der Waals surface area contributed by atoms with Gasteiger partial charge in [0, 0.05) is 66.6 Å². The summed E-state index contributed by atoms with van der Waals surface area (Å²) in [7, 11) is 0. The van der Waals surface area contributed by atoms with Crippen LogP contribution in [-0.4, -0.2) is 33.5 Å². The zero-order chi connectivity index (χ0) is 71.6. The summed E-state index contributed by atoms with van der Waals surface area (Å²) in [6.07, 6.45) is 1.63. The number of rotatable bonds is 8. The first-order valence-corrected chi connectivity index (χ1v) is 36.5. The largest absolute Gasteiger partial charge is 1.00 e. The normalized spacial score (nSPS) is 11.4. The van der Waals surface area contributed by atoms with E-state index in [1.54, 1.807) is 12.3 Å². The van der Waals surface area contributed by atoms with E-state index in [2.05, 4.69) is 346 Å². The van der Waals surface area contributed by atoms with E-state index in [-0.39, 0.29) is 24.6 Å². The fraction of sp³-hybridized carbons (Fsp3) is 0. The quantitative estimate of drug-likeness (QED) is 0.112. The molecule has 0 N–H and O–H groups in total. The van der Waals surface area contributed by atoms with Crippen molar-refractivity contribution >= 4 is 114 Å². The third-order valence-corrected chi connectivity index (χ3v) is 21.1. The van der Waals surface area contributed by atoms with Crippen molar-refractivity contribution in [3.8, 4) is 84.4 Å². The molecule has 109 heavy (non-hydrogen) atoms. The number of benzene rings is 16. The van der Waals surface area contributed by atoms with Crippen LogP contribution in [0.25, 0.3) is 193 Å². The minimum atomic E-state index is -0.0110. The zero-order valence-electron chi connectivity index (χ0n) is 59.5. The molecule has 0 atom stereocenters. The van der Waals surface area contributed by atoms with Crippen LogP contribution in [0.15, 0.2) is 388 Å². The molecule has 0 aliphatic carbocycles. The van der Waals surface area contributed by atoms with Gasteiger partial charge in [-0.15, -0.1) is 0 Å². The van der Waals surface area contributed by atoms with Crippen molar-refractivity contribution < 1.29 is 24.0 Å². The number of aromatic nitrogens is 7. The van der Waals surface area contributed by atoms with Gasteiger partial charge in [0.1, 0.15) is 5.65 Å². The molecule has 0 aliphatic heterocycles. The van der Waals surface area contributed by atoms with Gasteiger partial charge in [-0.1, -0.05) is 315 Å². The Labute approximate surface area is 640 Å². The Morgan fingerprint density at radius 3 is 1.29 bits per heavy atom. The molecule has 0 radical (unpaired) electrons. The van der Waals surface area contributed by atoms with Crippen LogP contribution in [0, 0.1) is 0 Å². The minimum absolute atomic E-state index is 0. The van der Waals surface area contributed by atoms with Crippen LogP contribution in [0.4, 0.5) is 0 Å². The molecule has 0 saturated heterocycles. The number of hydrogen-bond donors (Lipinski definition) is 0. The second kappa shape index (κ2) is 27.8. The number of imidazole rings is 1. The third-order valence-electron chi connectivity index (χ3n) is 21.1. The van der Waals surface area contributed by atoms with Crippen LogP contribution in [0.3, 0.4) is 0 Å². The van der Waals surface area contributed by atoms with Gasteiger partial charge in [-0.3, -0.25) is 9.38 Å². The van der Waals surface area contributed by atoms with Gasteiger partial charge in [-0.05, 0) is 138 Å². The third kappa shape index (κ3) is 11.7. The summed E-state index contributed by atoms with van der Waals surface area (Å²) in [5.74, 6) is 0.675. The monoisotopic (exact) mass is 1390 g/mol. The molecule has 6 aromatic heterocycles. The summed E-state index contributed by atoms with van der Waals surface area (Å²) < 4.78 is 7.16. The number of pyridine rings is 2. The van der Waals surface area contributed by atoms with E-state index in [1.807, 2.05) is 42.5 Å². The van der Waals surface area contributed by atoms with Crippen LogP contribution >= 0.6 is 0 Å². The summed E-state index contributed by atoms with van der Waals surface area (Å²) in [6, 6.07) is 135. The van der Waals surface area contributed by atoms with Gasteiger partial charge in [0.05, 0.1) is 55.5 Å². The van der Waals surface area contributed by atoms with E-state index < -0.39 is 0 Å². The van der Waals surface area contributed by atoms with Crippen molar-refractivity contribution in [3.05, 3.63) is 388 Å². The van der Waals surface area contributed by atoms with Gasteiger partial charge in [-0.2, -0.15) is 0 Å². The molecule has 8 nitrogen and oxygen atoms in total. The molecule has 22 rings (SSSR count). The van der Waals surface area contributed by atoms with Crippen molar-refractivity contribution in [3.63, 3.8) is 0 Å². The van der Waals surface area contributed by atoms with Gasteiger partial charge in [0.2, 0.25) is 0 Å². The number of para-hydroxylation sites is 7. The summed E-state index contributed by atoms with van der Waals surface area (Å²) in [5, 5.41) is 25.6. The molecule has 0 bridgehead atoms. The Morgan fingerprint density at radius 2 is 0.697 bits per heavy atom. The molecule has 9 heteroatoms. The molecular formula is C100H64LiN7O. The molecule has 0 aliphatic rings. The van der Waals surface area contributed by atoms with Crippen LogP contribution in [0.2, 0.25) is 0 Å². The summed E-state index contributed by atoms with van der Waals surface area (Å²) in [4.78, 5) is 19.7. The van der Waals surface area contributed by atoms with Crippen molar-refractivity contribution in [2.24, 2.45) is 0 Å². The maximum absolute atomic E-state index is 11.1. The average Bonchev–Trinajstić information content (AvgIpc) is 1.64. The molecule has 22 aromatic rings. The minimum Gasteiger partial charge on any atom is -0.871 e. The van der Waals surface area contributed by atoms with Gasteiger partial charge in [0.15, 0.2) is 5.82 Å². The van der Waals surface area contributed by atoms with Crippen molar-refractivity contribution in [1.29, 1.82) is 0 Å². The molecule has 0 amide bonds. The Hall–Kier alpha value is -14.0. The van der Waals surface area contributed by atoms with Crippen molar-refractivity contribution in [2.45, 2.75) is 0 Å². The van der Waals surface area contributed by atoms with Crippen LogP contribution in [0.5, 0.6) is 5.75 Å². The Bertz CT molecular complexity index is 7010. The fourth-order valence-corrected chi connectivity index (χ4v) is 16.1. The molecule has 6 heterocycles. The van der Waals surface area contributed by atoms with Gasteiger partial charge in [-0.25, -0.2) is 15.0 Å². The topological polar surface area (TPSA) is 88.9 Å². The van der Waals surface area contributed by atoms with Gasteiger partial charge in [0.25, 0.3) is 0 Å². The molecular weight excluding hydrogens is 1320 g/mol. The number of hydrogen-bond acceptors (Lipinski definition) is 5. The molecule has 0 fully saturated rings. The smallest absolute Gasteiger partial charge is 0.871 e. The molecule has 0 saturated carbocycles. The van der Waals surface area contributed by atoms with E-state index in [4.69, 9.17) is 15.0 Å². The molecule has 16 aromatic carbocycles. The summed E-state index contributed by atoms with van der Waals surface area (Å²) >= 11 is 0. The fourth-order valence-electron chi connectivity index (χ4n) is 16.1. The number of nitrogens with zero attached hydrogens (tertiary/aromatic N) is 7. The molecule has 0 unspecified atom stereocenters. The van der Waals surface area contributed by atoms with Gasteiger partial charge < -0.3 is 14.2 Å². The van der Waals surface area contributed by atoms with E-state index in [0.717, 1.165) is 83.6 Å². The number of fused-ring (bicyclic) bond motifs is 18. The predicted molar refractivity (Wildman–Crippen MR) is 447 cm³/mol. The van der Waals surface area contributed by atoms with Crippen molar-refractivity contribution in [1.82, 2.24) is 33.5 Å². The Kier molecular flexibility index (Phi) is 16.8. The van der Waals surface area contributed by atoms with E-state index in [9.17, 15) is 5.11 Å². The zero-order valence-corrected chi connectivity index (χ0v) is 59.5. The Balaban J connectivity index is 0.000000133. The first-order valence-electron chi connectivity index (χ1n) is 36.5. The molecule has 0 spiro atoms. The predicted octanol–water partition coefficient (Wildman–Crippen LogP) is 22.1. The van der Waals surface area contributed by atoms with Crippen molar-refractivity contribution in [2.75, 3.05) is 0 Å². The van der Waals surface area contributed by atoms with E-state index >= 15 is 0 Å². The van der Waals surface area contributed by atoms with Crippen LogP contribution in [0.1, 0.15) is 0 Å². The maximum atomic E-state index is 11.1.